The van der Waals surface area contributed by atoms with Gasteiger partial charge in [-0.25, -0.2) is 4.98 Å². The molecular formula is C13H19N5O2. The SMILES string of the molecule is Cn1ncnc1CN1CCC(=O)NC2(CCCC2)C1=O. The highest BCUT2D eigenvalue weighted by Crippen LogP contribution is 2.33. The molecule has 1 aliphatic heterocycles. The third-order valence-corrected chi connectivity index (χ3v) is 4.28. The molecule has 3 rings (SSSR count). The Morgan fingerprint density at radius 3 is 2.75 bits per heavy atom. The molecule has 1 spiro atoms. The molecule has 20 heavy (non-hydrogen) atoms. The average Bonchev–Trinajstić information content (AvgIpc) is 3.01. The Morgan fingerprint density at radius 1 is 1.35 bits per heavy atom. The van der Waals surface area contributed by atoms with E-state index in [0.29, 0.717) is 19.5 Å². The van der Waals surface area contributed by atoms with E-state index in [1.54, 1.807) is 16.6 Å². The summed E-state index contributed by atoms with van der Waals surface area (Å²) in [6, 6.07) is 0. The van der Waals surface area contributed by atoms with Crippen LogP contribution in [0.15, 0.2) is 6.33 Å². The van der Waals surface area contributed by atoms with Crippen LogP contribution < -0.4 is 5.32 Å². The minimum Gasteiger partial charge on any atom is -0.342 e. The molecule has 0 unspecified atom stereocenters. The van der Waals surface area contributed by atoms with Crippen molar-refractivity contribution in [3.05, 3.63) is 12.2 Å². The van der Waals surface area contributed by atoms with E-state index in [4.69, 9.17) is 0 Å². The van der Waals surface area contributed by atoms with Crippen LogP contribution in [0, 0.1) is 0 Å². The highest BCUT2D eigenvalue weighted by Gasteiger charge is 2.46. The number of carbonyl (C=O) groups excluding carboxylic acids is 2. The average molecular weight is 277 g/mol. The van der Waals surface area contributed by atoms with Gasteiger partial charge in [0.15, 0.2) is 0 Å². The van der Waals surface area contributed by atoms with Gasteiger partial charge in [-0.1, -0.05) is 12.8 Å². The van der Waals surface area contributed by atoms with E-state index in [-0.39, 0.29) is 11.8 Å². The Balaban J connectivity index is 1.84. The molecule has 1 saturated heterocycles. The Hall–Kier alpha value is -1.92. The summed E-state index contributed by atoms with van der Waals surface area (Å²) in [6.07, 6.45) is 5.30. The zero-order valence-corrected chi connectivity index (χ0v) is 11.6. The maximum absolute atomic E-state index is 12.8. The van der Waals surface area contributed by atoms with Crippen molar-refractivity contribution in [1.29, 1.82) is 0 Å². The number of hydrogen-bond donors (Lipinski definition) is 1. The normalized spacial score (nSPS) is 22.1. The van der Waals surface area contributed by atoms with Gasteiger partial charge in [0.1, 0.15) is 17.7 Å². The van der Waals surface area contributed by atoms with Gasteiger partial charge in [0.2, 0.25) is 11.8 Å². The van der Waals surface area contributed by atoms with Crippen molar-refractivity contribution in [2.24, 2.45) is 7.05 Å². The first kappa shape index (κ1) is 13.1. The number of amides is 2. The van der Waals surface area contributed by atoms with Crippen LogP contribution in [0.4, 0.5) is 0 Å². The molecule has 7 heteroatoms. The molecule has 0 atom stereocenters. The van der Waals surface area contributed by atoms with Crippen LogP contribution in [0.25, 0.3) is 0 Å². The molecule has 1 saturated carbocycles. The van der Waals surface area contributed by atoms with Crippen LogP contribution >= 0.6 is 0 Å². The molecule has 0 radical (unpaired) electrons. The monoisotopic (exact) mass is 277 g/mol. The van der Waals surface area contributed by atoms with Crippen molar-refractivity contribution < 1.29 is 9.59 Å². The van der Waals surface area contributed by atoms with Crippen molar-refractivity contribution in [2.45, 2.75) is 44.2 Å². The summed E-state index contributed by atoms with van der Waals surface area (Å²) in [5.74, 6) is 0.741. The van der Waals surface area contributed by atoms with E-state index < -0.39 is 5.54 Å². The number of nitrogens with one attached hydrogen (secondary N) is 1. The zero-order valence-electron chi connectivity index (χ0n) is 11.6. The van der Waals surface area contributed by atoms with Gasteiger partial charge in [0.05, 0.1) is 6.54 Å². The largest absolute Gasteiger partial charge is 0.342 e. The zero-order chi connectivity index (χ0) is 14.2. The molecule has 0 aromatic carbocycles. The van der Waals surface area contributed by atoms with E-state index in [1.165, 1.54) is 6.33 Å². The summed E-state index contributed by atoms with van der Waals surface area (Å²) >= 11 is 0. The smallest absolute Gasteiger partial charge is 0.248 e. The lowest BCUT2D eigenvalue weighted by atomic mass is 9.96. The number of hydrogen-bond acceptors (Lipinski definition) is 4. The number of aromatic nitrogens is 3. The number of nitrogens with zero attached hydrogens (tertiary/aromatic N) is 4. The predicted molar refractivity (Wildman–Crippen MR) is 70.4 cm³/mol. The Morgan fingerprint density at radius 2 is 2.10 bits per heavy atom. The maximum atomic E-state index is 12.8. The van der Waals surface area contributed by atoms with E-state index in [9.17, 15) is 9.59 Å². The van der Waals surface area contributed by atoms with Crippen LogP contribution in [0.5, 0.6) is 0 Å². The fraction of sp³-hybridized carbons (Fsp3) is 0.692. The molecule has 2 amide bonds. The van der Waals surface area contributed by atoms with E-state index >= 15 is 0 Å². The van der Waals surface area contributed by atoms with E-state index in [1.807, 2.05) is 0 Å². The van der Waals surface area contributed by atoms with Crippen molar-refractivity contribution in [2.75, 3.05) is 6.54 Å². The Labute approximate surface area is 117 Å². The highest BCUT2D eigenvalue weighted by atomic mass is 16.2. The van der Waals surface area contributed by atoms with Crippen LogP contribution in [0.2, 0.25) is 0 Å². The van der Waals surface area contributed by atoms with Crippen molar-refractivity contribution in [3.8, 4) is 0 Å². The van der Waals surface area contributed by atoms with Gasteiger partial charge in [-0.15, -0.1) is 0 Å². The predicted octanol–water partition coefficient (Wildman–Crippen LogP) is -0.0236. The second kappa shape index (κ2) is 4.88. The number of carbonyl (C=O) groups is 2. The molecule has 2 heterocycles. The van der Waals surface area contributed by atoms with Crippen LogP contribution in [-0.4, -0.2) is 43.6 Å². The van der Waals surface area contributed by atoms with Gasteiger partial charge in [-0.2, -0.15) is 5.10 Å². The first-order valence-corrected chi connectivity index (χ1v) is 7.04. The second-order valence-corrected chi connectivity index (χ2v) is 5.61. The summed E-state index contributed by atoms with van der Waals surface area (Å²) in [4.78, 5) is 30.6. The van der Waals surface area contributed by atoms with Gasteiger partial charge < -0.3 is 10.2 Å². The first-order chi connectivity index (χ1) is 9.61. The van der Waals surface area contributed by atoms with Crippen LogP contribution in [0.1, 0.15) is 37.9 Å². The maximum Gasteiger partial charge on any atom is 0.248 e. The van der Waals surface area contributed by atoms with Crippen molar-refractivity contribution in [3.63, 3.8) is 0 Å². The molecule has 1 aromatic rings. The number of rotatable bonds is 2. The fourth-order valence-electron chi connectivity index (χ4n) is 3.13. The molecule has 2 aliphatic rings. The molecule has 7 nitrogen and oxygen atoms in total. The molecular weight excluding hydrogens is 258 g/mol. The minimum absolute atomic E-state index is 0.0271. The van der Waals surface area contributed by atoms with Crippen LogP contribution in [0.3, 0.4) is 0 Å². The molecule has 0 bridgehead atoms. The van der Waals surface area contributed by atoms with E-state index in [0.717, 1.165) is 31.5 Å². The summed E-state index contributed by atoms with van der Waals surface area (Å²) in [7, 11) is 1.80. The highest BCUT2D eigenvalue weighted by molar-refractivity contribution is 5.93. The topological polar surface area (TPSA) is 80.1 Å². The van der Waals surface area contributed by atoms with Crippen LogP contribution in [-0.2, 0) is 23.2 Å². The van der Waals surface area contributed by atoms with Gasteiger partial charge in [-0.3, -0.25) is 14.3 Å². The minimum atomic E-state index is -0.674. The van der Waals surface area contributed by atoms with Gasteiger partial charge in [0, 0.05) is 20.0 Å². The molecule has 1 N–H and O–H groups in total. The number of aryl methyl sites for hydroxylation is 1. The standard InChI is InChI=1S/C13H19N5O2/c1-17-10(14-9-15-17)8-18-7-4-11(19)16-13(12(18)20)5-2-3-6-13/h9H,2-8H2,1H3,(H,16,19). The van der Waals surface area contributed by atoms with E-state index in [2.05, 4.69) is 15.4 Å². The molecule has 108 valence electrons. The summed E-state index contributed by atoms with van der Waals surface area (Å²) < 4.78 is 1.66. The lowest BCUT2D eigenvalue weighted by molar-refractivity contribution is -0.139. The molecule has 1 aliphatic carbocycles. The van der Waals surface area contributed by atoms with Gasteiger partial charge in [0.25, 0.3) is 0 Å². The summed E-state index contributed by atoms with van der Waals surface area (Å²) in [5, 5.41) is 6.97. The molecule has 2 fully saturated rings. The molecule has 1 aromatic heterocycles. The lowest BCUT2D eigenvalue weighted by Gasteiger charge is -2.31. The van der Waals surface area contributed by atoms with Gasteiger partial charge >= 0.3 is 0 Å². The first-order valence-electron chi connectivity index (χ1n) is 7.04. The Kier molecular flexibility index (Phi) is 3.19. The van der Waals surface area contributed by atoms with Gasteiger partial charge in [-0.05, 0) is 12.8 Å². The third-order valence-electron chi connectivity index (χ3n) is 4.28. The second-order valence-electron chi connectivity index (χ2n) is 5.61. The Bertz CT molecular complexity index is 533. The third kappa shape index (κ3) is 2.17. The summed E-state index contributed by atoms with van der Waals surface area (Å²) in [5.41, 5.74) is -0.674. The summed E-state index contributed by atoms with van der Waals surface area (Å²) in [6.45, 7) is 0.852. The fourth-order valence-corrected chi connectivity index (χ4v) is 3.13. The quantitative estimate of drug-likeness (QED) is 0.823. The van der Waals surface area contributed by atoms with Crippen molar-refractivity contribution in [1.82, 2.24) is 25.0 Å². The van der Waals surface area contributed by atoms with Crippen molar-refractivity contribution >= 4 is 11.8 Å². The lowest BCUT2D eigenvalue weighted by Crippen LogP contribution is -2.55.